The number of hydrogen-bond acceptors (Lipinski definition) is 2. The number of rotatable bonds is 4. The summed E-state index contributed by atoms with van der Waals surface area (Å²) < 4.78 is 1.83. The minimum absolute atomic E-state index is 0.643. The van der Waals surface area contributed by atoms with Crippen LogP contribution in [0.3, 0.4) is 0 Å². The van der Waals surface area contributed by atoms with Crippen LogP contribution in [-0.2, 0) is 13.5 Å². The molecule has 0 radical (unpaired) electrons. The van der Waals surface area contributed by atoms with Gasteiger partial charge in [-0.15, -0.1) is 0 Å². The number of aromatic nitrogens is 2. The second-order valence-corrected chi connectivity index (χ2v) is 4.19. The van der Waals surface area contributed by atoms with Crippen molar-refractivity contribution in [2.24, 2.45) is 12.0 Å². The second-order valence-electron chi connectivity index (χ2n) is 4.19. The third kappa shape index (κ3) is 3.25. The molecule has 0 atom stereocenters. The largest absolute Gasteiger partial charge is 0.356 e. The summed E-state index contributed by atoms with van der Waals surface area (Å²) in [5, 5.41) is 10.8. The molecule has 88 valence electrons. The van der Waals surface area contributed by atoms with Gasteiger partial charge in [0.2, 0.25) is 0 Å². The van der Waals surface area contributed by atoms with Crippen LogP contribution in [0, 0.1) is 0 Å². The standard InChI is InChI=1S/C11H19N5/c1-12-11(15-10-3-4-10)13-6-5-9-7-14-16(2)8-9/h7-8,10H,3-6H2,1-2H3,(H2,12,13,15). The number of guanidine groups is 1. The summed E-state index contributed by atoms with van der Waals surface area (Å²) in [6.45, 7) is 0.887. The summed E-state index contributed by atoms with van der Waals surface area (Å²) in [4.78, 5) is 4.18. The SMILES string of the molecule is CN=C(NCCc1cnn(C)c1)NC1CC1. The van der Waals surface area contributed by atoms with E-state index in [1.54, 1.807) is 0 Å². The monoisotopic (exact) mass is 221 g/mol. The highest BCUT2D eigenvalue weighted by Crippen LogP contribution is 2.18. The van der Waals surface area contributed by atoms with Crippen molar-refractivity contribution in [2.75, 3.05) is 13.6 Å². The van der Waals surface area contributed by atoms with Crippen molar-refractivity contribution in [3.8, 4) is 0 Å². The van der Waals surface area contributed by atoms with Crippen LogP contribution in [0.15, 0.2) is 17.4 Å². The number of nitrogens with one attached hydrogen (secondary N) is 2. The van der Waals surface area contributed by atoms with E-state index in [0.717, 1.165) is 18.9 Å². The molecular weight excluding hydrogens is 202 g/mol. The van der Waals surface area contributed by atoms with Crippen LogP contribution in [0.4, 0.5) is 0 Å². The van der Waals surface area contributed by atoms with Gasteiger partial charge in [0.1, 0.15) is 0 Å². The predicted molar refractivity (Wildman–Crippen MR) is 64.4 cm³/mol. The van der Waals surface area contributed by atoms with E-state index in [-0.39, 0.29) is 0 Å². The van der Waals surface area contributed by atoms with Crippen molar-refractivity contribution in [2.45, 2.75) is 25.3 Å². The summed E-state index contributed by atoms with van der Waals surface area (Å²) in [5.74, 6) is 0.909. The zero-order valence-electron chi connectivity index (χ0n) is 9.90. The lowest BCUT2D eigenvalue weighted by Crippen LogP contribution is -2.39. The Balaban J connectivity index is 1.69. The van der Waals surface area contributed by atoms with Gasteiger partial charge in [-0.3, -0.25) is 9.67 Å². The van der Waals surface area contributed by atoms with Gasteiger partial charge in [0.25, 0.3) is 0 Å². The number of aliphatic imine (C=N–C) groups is 1. The highest BCUT2D eigenvalue weighted by Gasteiger charge is 2.21. The molecule has 1 aliphatic carbocycles. The molecule has 0 spiro atoms. The van der Waals surface area contributed by atoms with Gasteiger partial charge in [-0.05, 0) is 24.8 Å². The molecule has 0 unspecified atom stereocenters. The molecule has 0 aliphatic heterocycles. The first kappa shape index (κ1) is 11.0. The van der Waals surface area contributed by atoms with Gasteiger partial charge in [0.15, 0.2) is 5.96 Å². The Morgan fingerprint density at radius 3 is 3.00 bits per heavy atom. The number of hydrogen-bond donors (Lipinski definition) is 2. The fourth-order valence-corrected chi connectivity index (χ4v) is 1.54. The molecule has 0 amide bonds. The van der Waals surface area contributed by atoms with Crippen LogP contribution in [0.5, 0.6) is 0 Å². The minimum atomic E-state index is 0.643. The van der Waals surface area contributed by atoms with Crippen LogP contribution in [0.1, 0.15) is 18.4 Å². The van der Waals surface area contributed by atoms with Crippen molar-refractivity contribution in [1.29, 1.82) is 0 Å². The molecule has 1 saturated carbocycles. The van der Waals surface area contributed by atoms with Gasteiger partial charge in [-0.2, -0.15) is 5.10 Å². The van der Waals surface area contributed by atoms with Crippen LogP contribution in [-0.4, -0.2) is 35.4 Å². The van der Waals surface area contributed by atoms with E-state index in [9.17, 15) is 0 Å². The summed E-state index contributed by atoms with van der Waals surface area (Å²) in [5.41, 5.74) is 1.25. The maximum Gasteiger partial charge on any atom is 0.191 e. The molecule has 1 aliphatic rings. The summed E-state index contributed by atoms with van der Waals surface area (Å²) in [6, 6.07) is 0.643. The quantitative estimate of drug-likeness (QED) is 0.567. The molecule has 1 aromatic heterocycles. The molecule has 0 bridgehead atoms. The Hall–Kier alpha value is -1.52. The number of aryl methyl sites for hydroxylation is 1. The fourth-order valence-electron chi connectivity index (χ4n) is 1.54. The highest BCUT2D eigenvalue weighted by atomic mass is 15.2. The van der Waals surface area contributed by atoms with Crippen molar-refractivity contribution >= 4 is 5.96 Å². The molecule has 1 aromatic rings. The van der Waals surface area contributed by atoms with Crippen molar-refractivity contribution < 1.29 is 0 Å². The maximum absolute atomic E-state index is 4.18. The molecule has 1 fully saturated rings. The van der Waals surface area contributed by atoms with Gasteiger partial charge in [-0.1, -0.05) is 0 Å². The van der Waals surface area contributed by atoms with E-state index >= 15 is 0 Å². The lowest BCUT2D eigenvalue weighted by Gasteiger charge is -2.10. The van der Waals surface area contributed by atoms with Crippen molar-refractivity contribution in [1.82, 2.24) is 20.4 Å². The van der Waals surface area contributed by atoms with Crippen LogP contribution in [0.25, 0.3) is 0 Å². The first-order chi connectivity index (χ1) is 7.78. The van der Waals surface area contributed by atoms with Crippen molar-refractivity contribution in [3.05, 3.63) is 18.0 Å². The zero-order valence-corrected chi connectivity index (χ0v) is 9.90. The maximum atomic E-state index is 4.18. The fraction of sp³-hybridized carbons (Fsp3) is 0.636. The van der Waals surface area contributed by atoms with Gasteiger partial charge in [-0.25, -0.2) is 0 Å². The van der Waals surface area contributed by atoms with E-state index in [1.165, 1.54) is 18.4 Å². The molecule has 5 heteroatoms. The van der Waals surface area contributed by atoms with Gasteiger partial charge in [0, 0.05) is 32.9 Å². The second kappa shape index (κ2) is 5.01. The lowest BCUT2D eigenvalue weighted by molar-refractivity contribution is 0.764. The van der Waals surface area contributed by atoms with Gasteiger partial charge in [0.05, 0.1) is 6.20 Å². The molecule has 16 heavy (non-hydrogen) atoms. The van der Waals surface area contributed by atoms with E-state index < -0.39 is 0 Å². The molecule has 1 heterocycles. The van der Waals surface area contributed by atoms with Gasteiger partial charge < -0.3 is 10.6 Å². The van der Waals surface area contributed by atoms with E-state index in [0.29, 0.717) is 6.04 Å². The Morgan fingerprint density at radius 1 is 1.62 bits per heavy atom. The van der Waals surface area contributed by atoms with E-state index in [1.807, 2.05) is 31.2 Å². The Kier molecular flexibility index (Phi) is 3.44. The van der Waals surface area contributed by atoms with E-state index in [2.05, 4.69) is 20.7 Å². The van der Waals surface area contributed by atoms with E-state index in [4.69, 9.17) is 0 Å². The summed E-state index contributed by atoms with van der Waals surface area (Å²) in [7, 11) is 3.74. The third-order valence-corrected chi connectivity index (χ3v) is 2.61. The first-order valence-corrected chi connectivity index (χ1v) is 5.72. The van der Waals surface area contributed by atoms with Crippen LogP contribution >= 0.6 is 0 Å². The molecule has 0 saturated heterocycles. The zero-order chi connectivity index (χ0) is 11.4. The average molecular weight is 221 g/mol. The smallest absolute Gasteiger partial charge is 0.191 e. The Morgan fingerprint density at radius 2 is 2.44 bits per heavy atom. The molecule has 2 rings (SSSR count). The van der Waals surface area contributed by atoms with Crippen LogP contribution in [0.2, 0.25) is 0 Å². The normalized spacial score (nSPS) is 16.2. The Labute approximate surface area is 95.9 Å². The molecule has 5 nitrogen and oxygen atoms in total. The van der Waals surface area contributed by atoms with Gasteiger partial charge >= 0.3 is 0 Å². The third-order valence-electron chi connectivity index (χ3n) is 2.61. The summed E-state index contributed by atoms with van der Waals surface area (Å²) in [6.07, 6.45) is 7.45. The molecule has 0 aromatic carbocycles. The Bertz CT molecular complexity index is 364. The van der Waals surface area contributed by atoms with Crippen LogP contribution < -0.4 is 10.6 Å². The minimum Gasteiger partial charge on any atom is -0.356 e. The number of nitrogens with zero attached hydrogens (tertiary/aromatic N) is 3. The predicted octanol–water partition coefficient (Wildman–Crippen LogP) is 0.290. The highest BCUT2D eigenvalue weighted by molar-refractivity contribution is 5.80. The lowest BCUT2D eigenvalue weighted by atomic mass is 10.2. The topological polar surface area (TPSA) is 54.2 Å². The average Bonchev–Trinajstić information content (AvgIpc) is 3.00. The first-order valence-electron chi connectivity index (χ1n) is 5.72. The summed E-state index contributed by atoms with van der Waals surface area (Å²) >= 11 is 0. The molecule has 2 N–H and O–H groups in total. The van der Waals surface area contributed by atoms with Crippen molar-refractivity contribution in [3.63, 3.8) is 0 Å². The molecular formula is C11H19N5.